The van der Waals surface area contributed by atoms with Crippen molar-refractivity contribution in [1.29, 1.82) is 0 Å². The molecule has 3 N–H and O–H groups in total. The van der Waals surface area contributed by atoms with Crippen LogP contribution in [0.2, 0.25) is 0 Å². The van der Waals surface area contributed by atoms with E-state index in [2.05, 4.69) is 10.6 Å². The van der Waals surface area contributed by atoms with Gasteiger partial charge in [-0.25, -0.2) is 9.59 Å². The minimum absolute atomic E-state index is 0.190. The minimum Gasteiger partial charge on any atom is -0.478 e. The third-order valence-electron chi connectivity index (χ3n) is 2.79. The first-order valence-corrected chi connectivity index (χ1v) is 6.43. The lowest BCUT2D eigenvalue weighted by atomic mass is 10.1. The molecular weight excluding hydrogens is 258 g/mol. The monoisotopic (exact) mass is 279 g/mol. The molecule has 0 atom stereocenters. The molecule has 20 heavy (non-hydrogen) atoms. The number of carboxylic acids is 1. The maximum atomic E-state index is 11.6. The summed E-state index contributed by atoms with van der Waals surface area (Å²) in [6, 6.07) is 4.48. The predicted molar refractivity (Wildman–Crippen MR) is 78.3 cm³/mol. The van der Waals surface area contributed by atoms with Crippen molar-refractivity contribution in [3.8, 4) is 0 Å². The normalized spacial score (nSPS) is 10.4. The first-order valence-electron chi connectivity index (χ1n) is 6.43. The van der Waals surface area contributed by atoms with Gasteiger partial charge in [0.05, 0.1) is 5.56 Å². The highest BCUT2D eigenvalue weighted by Gasteiger charge is 2.09. The largest absolute Gasteiger partial charge is 0.478 e. The second-order valence-corrected chi connectivity index (χ2v) is 4.87. The zero-order valence-corrected chi connectivity index (χ0v) is 12.1. The minimum atomic E-state index is -1.00. The number of carboxylic acid groups (broad SMARTS) is 1. The quantitative estimate of drug-likeness (QED) is 0.693. The van der Waals surface area contributed by atoms with E-state index in [-0.39, 0.29) is 11.6 Å². The molecule has 0 aliphatic heterocycles. The number of rotatable bonds is 6. The van der Waals surface area contributed by atoms with Crippen molar-refractivity contribution < 1.29 is 14.7 Å². The summed E-state index contributed by atoms with van der Waals surface area (Å²) in [6.07, 6.45) is 0.856. The number of carbonyl (C=O) groups excluding carboxylic acids is 1. The fraction of sp³-hybridized carbons (Fsp3) is 0.429. The zero-order chi connectivity index (χ0) is 15.1. The number of aromatic carboxylic acids is 1. The molecule has 0 aliphatic carbocycles. The molecule has 110 valence electrons. The number of nitrogens with one attached hydrogen (secondary N) is 2. The Bertz CT molecular complexity index is 487. The van der Waals surface area contributed by atoms with E-state index in [0.29, 0.717) is 17.8 Å². The van der Waals surface area contributed by atoms with Gasteiger partial charge in [-0.3, -0.25) is 0 Å². The maximum absolute atomic E-state index is 11.6. The Morgan fingerprint density at radius 2 is 2.00 bits per heavy atom. The summed E-state index contributed by atoms with van der Waals surface area (Å²) in [4.78, 5) is 24.7. The Morgan fingerprint density at radius 3 is 2.60 bits per heavy atom. The Kier molecular flexibility index (Phi) is 5.99. The number of nitrogens with zero attached hydrogens (tertiary/aromatic N) is 1. The van der Waals surface area contributed by atoms with Crippen LogP contribution in [0.3, 0.4) is 0 Å². The highest BCUT2D eigenvalue weighted by Crippen LogP contribution is 2.15. The van der Waals surface area contributed by atoms with E-state index in [1.807, 2.05) is 19.0 Å². The van der Waals surface area contributed by atoms with Crippen LogP contribution in [0.5, 0.6) is 0 Å². The molecule has 0 saturated heterocycles. The lowest BCUT2D eigenvalue weighted by Crippen LogP contribution is -2.31. The van der Waals surface area contributed by atoms with Gasteiger partial charge in [-0.05, 0) is 51.7 Å². The van der Waals surface area contributed by atoms with Crippen molar-refractivity contribution in [2.45, 2.75) is 13.3 Å². The van der Waals surface area contributed by atoms with Crippen LogP contribution in [0.1, 0.15) is 22.3 Å². The van der Waals surface area contributed by atoms with Crippen LogP contribution in [0.15, 0.2) is 18.2 Å². The lowest BCUT2D eigenvalue weighted by molar-refractivity contribution is 0.0696. The molecule has 0 aliphatic rings. The average Bonchev–Trinajstić information content (AvgIpc) is 2.36. The smallest absolute Gasteiger partial charge is 0.336 e. The maximum Gasteiger partial charge on any atom is 0.336 e. The van der Waals surface area contributed by atoms with E-state index in [1.165, 1.54) is 6.07 Å². The number of urea groups is 1. The fourth-order valence-electron chi connectivity index (χ4n) is 1.70. The van der Waals surface area contributed by atoms with E-state index in [9.17, 15) is 9.59 Å². The molecule has 2 amide bonds. The van der Waals surface area contributed by atoms with Gasteiger partial charge in [0.1, 0.15) is 0 Å². The molecular formula is C14H21N3O3. The predicted octanol–water partition coefficient (Wildman–Crippen LogP) is 1.77. The van der Waals surface area contributed by atoms with Gasteiger partial charge in [0.15, 0.2) is 0 Å². The number of amides is 2. The van der Waals surface area contributed by atoms with Crippen molar-refractivity contribution in [1.82, 2.24) is 10.2 Å². The molecule has 0 spiro atoms. The van der Waals surface area contributed by atoms with E-state index in [0.717, 1.165) is 13.0 Å². The van der Waals surface area contributed by atoms with Gasteiger partial charge < -0.3 is 20.6 Å². The van der Waals surface area contributed by atoms with Crippen molar-refractivity contribution in [3.05, 3.63) is 29.3 Å². The molecule has 0 bridgehead atoms. The molecule has 0 aromatic heterocycles. The van der Waals surface area contributed by atoms with Crippen LogP contribution < -0.4 is 10.6 Å². The lowest BCUT2D eigenvalue weighted by Gasteiger charge is -2.11. The van der Waals surface area contributed by atoms with Gasteiger partial charge in [-0.15, -0.1) is 0 Å². The topological polar surface area (TPSA) is 81.7 Å². The second-order valence-electron chi connectivity index (χ2n) is 4.87. The summed E-state index contributed by atoms with van der Waals surface area (Å²) in [5, 5.41) is 14.4. The van der Waals surface area contributed by atoms with Gasteiger partial charge in [-0.1, -0.05) is 6.07 Å². The van der Waals surface area contributed by atoms with E-state index in [1.54, 1.807) is 19.1 Å². The second kappa shape index (κ2) is 7.49. The van der Waals surface area contributed by atoms with Crippen molar-refractivity contribution >= 4 is 17.7 Å². The Morgan fingerprint density at radius 1 is 1.30 bits per heavy atom. The molecule has 1 aromatic carbocycles. The first-order chi connectivity index (χ1) is 9.40. The first kappa shape index (κ1) is 16.0. The van der Waals surface area contributed by atoms with E-state index < -0.39 is 5.97 Å². The van der Waals surface area contributed by atoms with Gasteiger partial charge in [0.2, 0.25) is 0 Å². The van der Waals surface area contributed by atoms with Gasteiger partial charge in [-0.2, -0.15) is 0 Å². The molecule has 0 heterocycles. The summed E-state index contributed by atoms with van der Waals surface area (Å²) in [6.45, 7) is 3.18. The van der Waals surface area contributed by atoms with Gasteiger partial charge in [0.25, 0.3) is 0 Å². The molecule has 0 radical (unpaired) electrons. The molecule has 0 fully saturated rings. The molecule has 1 rings (SSSR count). The molecule has 0 saturated carbocycles. The number of benzene rings is 1. The van der Waals surface area contributed by atoms with Crippen molar-refractivity contribution in [3.63, 3.8) is 0 Å². The third kappa shape index (κ3) is 5.27. The highest BCUT2D eigenvalue weighted by atomic mass is 16.4. The number of hydrogen-bond donors (Lipinski definition) is 3. The van der Waals surface area contributed by atoms with Gasteiger partial charge >= 0.3 is 12.0 Å². The standard InChI is InChI=1S/C14H21N3O3/c1-10-5-6-11(9-12(10)13(18)19)16-14(20)15-7-4-8-17(2)3/h5-6,9H,4,7-8H2,1-3H3,(H,18,19)(H2,15,16,20). The van der Waals surface area contributed by atoms with Crippen LogP contribution in [-0.4, -0.2) is 49.2 Å². The van der Waals surface area contributed by atoms with Crippen LogP contribution in [-0.2, 0) is 0 Å². The summed E-state index contributed by atoms with van der Waals surface area (Å²) in [7, 11) is 3.94. The van der Waals surface area contributed by atoms with Crippen LogP contribution in [0, 0.1) is 6.92 Å². The Balaban J connectivity index is 2.50. The van der Waals surface area contributed by atoms with E-state index >= 15 is 0 Å². The zero-order valence-electron chi connectivity index (χ0n) is 12.1. The average molecular weight is 279 g/mol. The fourth-order valence-corrected chi connectivity index (χ4v) is 1.70. The van der Waals surface area contributed by atoms with Crippen molar-refractivity contribution in [2.75, 3.05) is 32.5 Å². The van der Waals surface area contributed by atoms with Crippen LogP contribution in [0.25, 0.3) is 0 Å². The number of hydrogen-bond acceptors (Lipinski definition) is 3. The SMILES string of the molecule is Cc1ccc(NC(=O)NCCCN(C)C)cc1C(=O)O. The highest BCUT2D eigenvalue weighted by molar-refractivity contribution is 5.94. The van der Waals surface area contributed by atoms with Gasteiger partial charge in [0, 0.05) is 12.2 Å². The van der Waals surface area contributed by atoms with Crippen LogP contribution >= 0.6 is 0 Å². The number of aryl methyl sites for hydroxylation is 1. The van der Waals surface area contributed by atoms with Crippen molar-refractivity contribution in [2.24, 2.45) is 0 Å². The third-order valence-corrected chi connectivity index (χ3v) is 2.79. The summed E-state index contributed by atoms with van der Waals surface area (Å²) >= 11 is 0. The molecule has 6 heteroatoms. The van der Waals surface area contributed by atoms with Crippen LogP contribution in [0.4, 0.5) is 10.5 Å². The molecule has 0 unspecified atom stereocenters. The molecule has 6 nitrogen and oxygen atoms in total. The summed E-state index contributed by atoms with van der Waals surface area (Å²) in [5.41, 5.74) is 1.32. The Labute approximate surface area is 118 Å². The summed E-state index contributed by atoms with van der Waals surface area (Å²) < 4.78 is 0. The summed E-state index contributed by atoms with van der Waals surface area (Å²) in [5.74, 6) is -1.00. The number of carbonyl (C=O) groups is 2. The number of anilines is 1. The van der Waals surface area contributed by atoms with E-state index in [4.69, 9.17) is 5.11 Å². The Hall–Kier alpha value is -2.08. The molecule has 1 aromatic rings.